The summed E-state index contributed by atoms with van der Waals surface area (Å²) in [7, 11) is 0. The molecule has 1 fully saturated rings. The van der Waals surface area contributed by atoms with E-state index in [1.54, 1.807) is 6.07 Å². The van der Waals surface area contributed by atoms with E-state index in [1.807, 2.05) is 0 Å². The van der Waals surface area contributed by atoms with E-state index in [-0.39, 0.29) is 30.0 Å². The number of rotatable bonds is 5. The van der Waals surface area contributed by atoms with Gasteiger partial charge in [0, 0.05) is 25.3 Å². The van der Waals surface area contributed by atoms with Crippen molar-refractivity contribution in [1.29, 1.82) is 0 Å². The molecule has 0 bridgehead atoms. The van der Waals surface area contributed by atoms with Crippen LogP contribution in [0.3, 0.4) is 0 Å². The number of aliphatic hydroxyl groups is 1. The van der Waals surface area contributed by atoms with Crippen LogP contribution in [0.15, 0.2) is 18.3 Å². The molecule has 1 aromatic rings. The number of hydrogen-bond acceptors (Lipinski definition) is 5. The third kappa shape index (κ3) is 3.68. The summed E-state index contributed by atoms with van der Waals surface area (Å²) in [6.45, 7) is 2.29. The zero-order valence-corrected chi connectivity index (χ0v) is 11.5. The Kier molecular flexibility index (Phi) is 5.31. The Morgan fingerprint density at radius 3 is 3.10 bits per heavy atom. The molecule has 3 N–H and O–H groups in total. The van der Waals surface area contributed by atoms with Crippen LogP contribution in [0.4, 0.5) is 0 Å². The fourth-order valence-corrected chi connectivity index (χ4v) is 2.53. The molecule has 1 saturated heterocycles. The van der Waals surface area contributed by atoms with E-state index in [9.17, 15) is 15.0 Å². The number of nitrogens with one attached hydrogen (secondary N) is 1. The molecule has 1 aliphatic rings. The molecule has 6 nitrogen and oxygen atoms in total. The van der Waals surface area contributed by atoms with Crippen molar-refractivity contribution in [3.05, 3.63) is 24.0 Å². The van der Waals surface area contributed by atoms with Crippen molar-refractivity contribution in [2.45, 2.75) is 25.3 Å². The number of hydrogen-bond donors (Lipinski definition) is 3. The van der Waals surface area contributed by atoms with E-state index in [0.29, 0.717) is 13.1 Å². The lowest BCUT2D eigenvalue weighted by atomic mass is 10.0. The van der Waals surface area contributed by atoms with Crippen molar-refractivity contribution >= 4 is 5.91 Å². The highest BCUT2D eigenvalue weighted by Crippen LogP contribution is 2.16. The van der Waals surface area contributed by atoms with Gasteiger partial charge in [-0.2, -0.15) is 0 Å². The highest BCUT2D eigenvalue weighted by molar-refractivity contribution is 5.94. The second-order valence-corrected chi connectivity index (χ2v) is 5.00. The first-order valence-corrected chi connectivity index (χ1v) is 6.99. The molecule has 6 heteroatoms. The van der Waals surface area contributed by atoms with Gasteiger partial charge in [0.2, 0.25) is 0 Å². The standard InChI is InChI=1S/C14H21N3O3/c18-10-11-4-1-2-8-17(11)9-7-16-14(20)13-12(19)5-3-6-15-13/h3,5-6,11,18-19H,1-2,4,7-10H2,(H,16,20). The van der Waals surface area contributed by atoms with Crippen molar-refractivity contribution in [3.63, 3.8) is 0 Å². The Morgan fingerprint density at radius 1 is 1.50 bits per heavy atom. The number of nitrogens with zero attached hydrogens (tertiary/aromatic N) is 2. The summed E-state index contributed by atoms with van der Waals surface area (Å²) in [5.41, 5.74) is 0.0462. The van der Waals surface area contributed by atoms with Gasteiger partial charge in [0.1, 0.15) is 5.75 Å². The molecule has 0 saturated carbocycles. The van der Waals surface area contributed by atoms with Crippen molar-refractivity contribution < 1.29 is 15.0 Å². The molecule has 0 aliphatic carbocycles. The quantitative estimate of drug-likeness (QED) is 0.725. The van der Waals surface area contributed by atoms with Crippen LogP contribution in [0.25, 0.3) is 0 Å². The maximum atomic E-state index is 11.9. The highest BCUT2D eigenvalue weighted by Gasteiger charge is 2.21. The molecule has 1 aromatic heterocycles. The third-order valence-corrected chi connectivity index (χ3v) is 3.65. The number of aromatic nitrogens is 1. The molecule has 110 valence electrons. The summed E-state index contributed by atoms with van der Waals surface area (Å²) in [6, 6.07) is 3.21. The molecule has 2 heterocycles. The molecule has 1 aliphatic heterocycles. The maximum absolute atomic E-state index is 11.9. The van der Waals surface area contributed by atoms with Crippen LogP contribution in [0, 0.1) is 0 Å². The summed E-state index contributed by atoms with van der Waals surface area (Å²) in [6.07, 6.45) is 4.76. The molecule has 20 heavy (non-hydrogen) atoms. The van der Waals surface area contributed by atoms with Gasteiger partial charge in [-0.3, -0.25) is 9.69 Å². The van der Waals surface area contributed by atoms with Crippen LogP contribution in [0.1, 0.15) is 29.8 Å². The number of carbonyl (C=O) groups excluding carboxylic acids is 1. The second kappa shape index (κ2) is 7.21. The summed E-state index contributed by atoms with van der Waals surface area (Å²) in [4.78, 5) is 17.9. The first kappa shape index (κ1) is 14.7. The zero-order chi connectivity index (χ0) is 14.4. The molecule has 0 spiro atoms. The van der Waals surface area contributed by atoms with Gasteiger partial charge in [-0.25, -0.2) is 4.98 Å². The third-order valence-electron chi connectivity index (χ3n) is 3.65. The number of amides is 1. The van der Waals surface area contributed by atoms with Gasteiger partial charge in [-0.1, -0.05) is 6.42 Å². The fraction of sp³-hybridized carbons (Fsp3) is 0.571. The van der Waals surface area contributed by atoms with Crippen molar-refractivity contribution in [1.82, 2.24) is 15.2 Å². The fourth-order valence-electron chi connectivity index (χ4n) is 2.53. The largest absolute Gasteiger partial charge is 0.505 e. The van der Waals surface area contributed by atoms with Gasteiger partial charge >= 0.3 is 0 Å². The number of aromatic hydroxyl groups is 1. The molecule has 0 aromatic carbocycles. The van der Waals surface area contributed by atoms with Crippen molar-refractivity contribution in [2.24, 2.45) is 0 Å². The number of likely N-dealkylation sites (tertiary alicyclic amines) is 1. The first-order valence-electron chi connectivity index (χ1n) is 6.99. The van der Waals surface area contributed by atoms with E-state index < -0.39 is 0 Å². The average Bonchev–Trinajstić information content (AvgIpc) is 2.48. The minimum atomic E-state index is -0.374. The summed E-state index contributed by atoms with van der Waals surface area (Å²) in [5.74, 6) is -0.489. The molecule has 0 radical (unpaired) electrons. The smallest absolute Gasteiger partial charge is 0.273 e. The first-order chi connectivity index (χ1) is 9.72. The summed E-state index contributed by atoms with van der Waals surface area (Å²) < 4.78 is 0. The van der Waals surface area contributed by atoms with Crippen LogP contribution in [0.5, 0.6) is 5.75 Å². The molecule has 1 atom stereocenters. The lowest BCUT2D eigenvalue weighted by molar-refractivity contribution is 0.0845. The summed E-state index contributed by atoms with van der Waals surface area (Å²) in [5, 5.41) is 21.6. The average molecular weight is 279 g/mol. The van der Waals surface area contributed by atoms with E-state index in [0.717, 1.165) is 25.8 Å². The Hall–Kier alpha value is -1.66. The van der Waals surface area contributed by atoms with Crippen LogP contribution < -0.4 is 5.32 Å². The van der Waals surface area contributed by atoms with Gasteiger partial charge in [0.15, 0.2) is 5.69 Å². The summed E-state index contributed by atoms with van der Waals surface area (Å²) >= 11 is 0. The Morgan fingerprint density at radius 2 is 2.35 bits per heavy atom. The number of aliphatic hydroxyl groups excluding tert-OH is 1. The Balaban J connectivity index is 1.80. The molecule has 2 rings (SSSR count). The van der Waals surface area contributed by atoms with Gasteiger partial charge in [0.25, 0.3) is 5.91 Å². The predicted octanol–water partition coefficient (Wildman–Crippen LogP) is 0.364. The minimum Gasteiger partial charge on any atom is -0.505 e. The lowest BCUT2D eigenvalue weighted by Crippen LogP contribution is -2.45. The van der Waals surface area contributed by atoms with Crippen molar-refractivity contribution in [3.8, 4) is 5.75 Å². The van der Waals surface area contributed by atoms with Crippen LogP contribution in [-0.2, 0) is 0 Å². The monoisotopic (exact) mass is 279 g/mol. The van der Waals surface area contributed by atoms with Gasteiger partial charge < -0.3 is 15.5 Å². The maximum Gasteiger partial charge on any atom is 0.273 e. The Bertz CT molecular complexity index is 453. The van der Waals surface area contributed by atoms with Gasteiger partial charge in [-0.05, 0) is 31.5 Å². The van der Waals surface area contributed by atoms with E-state index in [1.165, 1.54) is 12.3 Å². The van der Waals surface area contributed by atoms with Crippen LogP contribution >= 0.6 is 0 Å². The topological polar surface area (TPSA) is 85.7 Å². The Labute approximate surface area is 118 Å². The van der Waals surface area contributed by atoms with Crippen molar-refractivity contribution in [2.75, 3.05) is 26.2 Å². The predicted molar refractivity (Wildman–Crippen MR) is 74.5 cm³/mol. The molecule has 1 unspecified atom stereocenters. The molecule has 1 amide bonds. The molecular weight excluding hydrogens is 258 g/mol. The lowest BCUT2D eigenvalue weighted by Gasteiger charge is -2.34. The van der Waals surface area contributed by atoms with Gasteiger partial charge in [0.05, 0.1) is 6.61 Å². The van der Waals surface area contributed by atoms with E-state index in [4.69, 9.17) is 0 Å². The van der Waals surface area contributed by atoms with Gasteiger partial charge in [-0.15, -0.1) is 0 Å². The second-order valence-electron chi connectivity index (χ2n) is 5.00. The van der Waals surface area contributed by atoms with Crippen LogP contribution in [-0.4, -0.2) is 58.3 Å². The number of carbonyl (C=O) groups is 1. The van der Waals surface area contributed by atoms with E-state index >= 15 is 0 Å². The number of piperidine rings is 1. The normalized spacial score (nSPS) is 19.8. The number of pyridine rings is 1. The SMILES string of the molecule is O=C(NCCN1CCCCC1CO)c1ncccc1O. The van der Waals surface area contributed by atoms with E-state index in [2.05, 4.69) is 15.2 Å². The highest BCUT2D eigenvalue weighted by atomic mass is 16.3. The zero-order valence-electron chi connectivity index (χ0n) is 11.5. The van der Waals surface area contributed by atoms with Crippen LogP contribution in [0.2, 0.25) is 0 Å². The molecular formula is C14H21N3O3. The minimum absolute atomic E-state index is 0.0462.